The van der Waals surface area contributed by atoms with Crippen LogP contribution in [0.25, 0.3) is 0 Å². The monoisotopic (exact) mass is 262 g/mol. The maximum atomic E-state index is 12.8. The summed E-state index contributed by atoms with van der Waals surface area (Å²) in [6.07, 6.45) is 0. The first-order chi connectivity index (χ1) is 7.15. The normalized spacial score (nSPS) is 11.6. The van der Waals surface area contributed by atoms with Gasteiger partial charge in [-0.25, -0.2) is 4.57 Å². The van der Waals surface area contributed by atoms with Crippen LogP contribution in [-0.4, -0.2) is 14.9 Å². The Hall–Kier alpha value is -1.31. The second kappa shape index (κ2) is 3.93. The fraction of sp³-hybridized carbons (Fsp3) is 0. The van der Waals surface area contributed by atoms with Crippen LogP contribution in [0, 0.1) is 23.3 Å². The highest BCUT2D eigenvalue weighted by Crippen LogP contribution is 2.43. The molecular weight excluding hydrogens is 259 g/mol. The van der Waals surface area contributed by atoms with Crippen LogP contribution in [0.3, 0.4) is 0 Å². The highest BCUT2D eigenvalue weighted by molar-refractivity contribution is 7.46. The van der Waals surface area contributed by atoms with Crippen LogP contribution in [0.1, 0.15) is 0 Å². The van der Waals surface area contributed by atoms with Gasteiger partial charge in [-0.05, 0) is 0 Å². The van der Waals surface area contributed by atoms with Crippen molar-refractivity contribution >= 4 is 7.82 Å². The minimum absolute atomic E-state index is 1.94. The summed E-state index contributed by atoms with van der Waals surface area (Å²) in [5, 5.41) is 8.51. The number of hydrogen-bond donors (Lipinski definition) is 3. The van der Waals surface area contributed by atoms with E-state index in [1.807, 2.05) is 0 Å². The van der Waals surface area contributed by atoms with Crippen molar-refractivity contribution in [3.05, 3.63) is 23.3 Å². The highest BCUT2D eigenvalue weighted by Gasteiger charge is 2.30. The topological polar surface area (TPSA) is 87.0 Å². The van der Waals surface area contributed by atoms with Crippen molar-refractivity contribution in [3.63, 3.8) is 0 Å². The highest BCUT2D eigenvalue weighted by atomic mass is 31.2. The van der Waals surface area contributed by atoms with E-state index in [0.29, 0.717) is 0 Å². The minimum Gasteiger partial charge on any atom is -0.503 e. The molecule has 0 unspecified atom stereocenters. The number of aromatic hydroxyl groups is 1. The lowest BCUT2D eigenvalue weighted by Crippen LogP contribution is -2.02. The summed E-state index contributed by atoms with van der Waals surface area (Å²) in [5.41, 5.74) is 0. The molecule has 90 valence electrons. The zero-order valence-electron chi connectivity index (χ0n) is 7.12. The van der Waals surface area contributed by atoms with Crippen molar-refractivity contribution < 1.29 is 41.5 Å². The van der Waals surface area contributed by atoms with E-state index in [2.05, 4.69) is 4.52 Å². The molecule has 0 saturated carbocycles. The molecule has 0 atom stereocenters. The Morgan fingerprint density at radius 2 is 1.31 bits per heavy atom. The summed E-state index contributed by atoms with van der Waals surface area (Å²) >= 11 is 0. The first-order valence-electron chi connectivity index (χ1n) is 3.45. The van der Waals surface area contributed by atoms with Crippen LogP contribution < -0.4 is 4.52 Å². The third-order valence-corrected chi connectivity index (χ3v) is 1.83. The number of phenols is 1. The maximum absolute atomic E-state index is 12.8. The van der Waals surface area contributed by atoms with E-state index in [1.165, 1.54) is 0 Å². The number of hydrogen-bond acceptors (Lipinski definition) is 3. The average molecular weight is 262 g/mol. The Morgan fingerprint density at radius 1 is 0.938 bits per heavy atom. The van der Waals surface area contributed by atoms with Crippen molar-refractivity contribution in [1.82, 2.24) is 0 Å². The molecule has 1 aromatic rings. The van der Waals surface area contributed by atoms with E-state index in [4.69, 9.17) is 14.9 Å². The van der Waals surface area contributed by atoms with Crippen LogP contribution in [0.15, 0.2) is 0 Å². The molecule has 16 heavy (non-hydrogen) atoms. The van der Waals surface area contributed by atoms with Gasteiger partial charge in [0.1, 0.15) is 0 Å². The lowest BCUT2D eigenvalue weighted by molar-refractivity contribution is 0.263. The zero-order valence-corrected chi connectivity index (χ0v) is 8.01. The van der Waals surface area contributed by atoms with E-state index in [9.17, 15) is 22.1 Å². The van der Waals surface area contributed by atoms with E-state index < -0.39 is 42.6 Å². The summed E-state index contributed by atoms with van der Waals surface area (Å²) in [6.45, 7) is 0. The lowest BCUT2D eigenvalue weighted by atomic mass is 10.2. The van der Waals surface area contributed by atoms with Gasteiger partial charge >= 0.3 is 7.82 Å². The van der Waals surface area contributed by atoms with E-state index in [-0.39, 0.29) is 0 Å². The van der Waals surface area contributed by atoms with Gasteiger partial charge in [-0.1, -0.05) is 0 Å². The molecule has 1 aromatic carbocycles. The van der Waals surface area contributed by atoms with Gasteiger partial charge in [-0.3, -0.25) is 9.79 Å². The quantitative estimate of drug-likeness (QED) is 0.426. The molecule has 3 N–H and O–H groups in total. The Morgan fingerprint density at radius 3 is 1.62 bits per heavy atom. The molecular formula is C6H3F4O5P. The van der Waals surface area contributed by atoms with Gasteiger partial charge in [-0.15, -0.1) is 0 Å². The molecule has 5 nitrogen and oxygen atoms in total. The van der Waals surface area contributed by atoms with Crippen LogP contribution in [0.4, 0.5) is 17.6 Å². The number of phenolic OH excluding ortho intramolecular Hbond substituents is 1. The summed E-state index contributed by atoms with van der Waals surface area (Å²) in [4.78, 5) is 16.4. The largest absolute Gasteiger partial charge is 0.525 e. The first kappa shape index (κ1) is 12.8. The summed E-state index contributed by atoms with van der Waals surface area (Å²) in [7, 11) is -5.39. The smallest absolute Gasteiger partial charge is 0.503 e. The fourth-order valence-electron chi connectivity index (χ4n) is 0.799. The Kier molecular flexibility index (Phi) is 3.13. The van der Waals surface area contributed by atoms with Crippen molar-refractivity contribution in [2.75, 3.05) is 0 Å². The van der Waals surface area contributed by atoms with Crippen molar-refractivity contribution in [1.29, 1.82) is 0 Å². The van der Waals surface area contributed by atoms with E-state index in [1.54, 1.807) is 0 Å². The number of rotatable bonds is 2. The van der Waals surface area contributed by atoms with Gasteiger partial charge in [0.25, 0.3) is 0 Å². The second-order valence-electron chi connectivity index (χ2n) is 2.52. The molecule has 1 rings (SSSR count). The summed E-state index contributed by atoms with van der Waals surface area (Å²) in [5.74, 6) is -12.8. The fourth-order valence-corrected chi connectivity index (χ4v) is 1.20. The molecule has 0 spiro atoms. The molecule has 0 amide bonds. The maximum Gasteiger partial charge on any atom is 0.525 e. The number of benzene rings is 1. The van der Waals surface area contributed by atoms with Crippen molar-refractivity contribution in [3.8, 4) is 11.5 Å². The molecule has 0 radical (unpaired) electrons. The predicted molar refractivity (Wildman–Crippen MR) is 40.6 cm³/mol. The number of halogens is 4. The van der Waals surface area contributed by atoms with Crippen LogP contribution in [0.5, 0.6) is 11.5 Å². The minimum atomic E-state index is -5.39. The van der Waals surface area contributed by atoms with Crippen molar-refractivity contribution in [2.45, 2.75) is 0 Å². The van der Waals surface area contributed by atoms with Crippen LogP contribution in [0.2, 0.25) is 0 Å². The number of phosphoric ester groups is 1. The molecule has 0 heterocycles. The molecule has 0 aromatic heterocycles. The molecule has 0 bridgehead atoms. The average Bonchev–Trinajstić information content (AvgIpc) is 2.17. The number of phosphoric acid groups is 1. The van der Waals surface area contributed by atoms with Gasteiger partial charge in [0.2, 0.25) is 29.0 Å². The summed E-state index contributed by atoms with van der Waals surface area (Å²) < 4.78 is 64.6. The second-order valence-corrected chi connectivity index (χ2v) is 3.68. The SMILES string of the molecule is O=P(O)(O)Oc1c(F)c(F)c(O)c(F)c1F. The first-order valence-corrected chi connectivity index (χ1v) is 4.98. The lowest BCUT2D eigenvalue weighted by Gasteiger charge is -2.10. The van der Waals surface area contributed by atoms with Gasteiger partial charge in [0.05, 0.1) is 0 Å². The molecule has 0 aliphatic rings. The van der Waals surface area contributed by atoms with E-state index in [0.717, 1.165) is 0 Å². The third kappa shape index (κ3) is 2.26. The Bertz CT molecular complexity index is 455. The van der Waals surface area contributed by atoms with Crippen LogP contribution >= 0.6 is 7.82 Å². The van der Waals surface area contributed by atoms with Gasteiger partial charge < -0.3 is 9.63 Å². The predicted octanol–water partition coefficient (Wildman–Crippen LogP) is 1.42. The van der Waals surface area contributed by atoms with Gasteiger partial charge in [-0.2, -0.15) is 17.6 Å². The van der Waals surface area contributed by atoms with Crippen molar-refractivity contribution in [2.24, 2.45) is 0 Å². The van der Waals surface area contributed by atoms with E-state index >= 15 is 0 Å². The molecule has 0 fully saturated rings. The van der Waals surface area contributed by atoms with Crippen LogP contribution in [-0.2, 0) is 4.57 Å². The molecule has 0 aliphatic heterocycles. The molecule has 10 heteroatoms. The molecule has 0 saturated heterocycles. The van der Waals surface area contributed by atoms with Gasteiger partial charge in [0.15, 0.2) is 5.75 Å². The molecule has 0 aliphatic carbocycles. The Labute approximate surface area is 85.1 Å². The summed E-state index contributed by atoms with van der Waals surface area (Å²) in [6, 6.07) is 0. The zero-order chi connectivity index (χ0) is 12.7. The standard InChI is InChI=1S/C6H3F4O5P/c7-1-3(9)6(15-16(12,13)14)4(10)2(8)5(1)11/h11H,(H2,12,13,14). The van der Waals surface area contributed by atoms with Gasteiger partial charge in [0, 0.05) is 0 Å². The Balaban J connectivity index is 3.46. The third-order valence-electron chi connectivity index (χ3n) is 1.41.